The number of anilines is 1. The van der Waals surface area contributed by atoms with Gasteiger partial charge < -0.3 is 24.6 Å². The highest BCUT2D eigenvalue weighted by atomic mass is 16.5. The number of ether oxygens (including phenoxy) is 3. The lowest BCUT2D eigenvalue weighted by Gasteiger charge is -2.15. The lowest BCUT2D eigenvalue weighted by atomic mass is 10.1. The van der Waals surface area contributed by atoms with E-state index >= 15 is 0 Å². The number of hydrogen-bond donors (Lipinski definition) is 2. The van der Waals surface area contributed by atoms with E-state index < -0.39 is 0 Å². The summed E-state index contributed by atoms with van der Waals surface area (Å²) < 4.78 is 15.9. The molecule has 0 radical (unpaired) electrons. The van der Waals surface area contributed by atoms with Crippen LogP contribution in [0.2, 0.25) is 0 Å². The molecule has 2 aromatic carbocycles. The van der Waals surface area contributed by atoms with Crippen molar-refractivity contribution in [2.24, 2.45) is 0 Å². The fraction of sp³-hybridized carbons (Fsp3) is 0.250. The van der Waals surface area contributed by atoms with E-state index in [1.807, 2.05) is 12.1 Å². The third-order valence-corrected chi connectivity index (χ3v) is 3.12. The number of nitrogens with one attached hydrogen (secondary N) is 1. The molecular formula is C16H19NO4. The summed E-state index contributed by atoms with van der Waals surface area (Å²) in [6.45, 7) is 0.535. The Labute approximate surface area is 124 Å². The lowest BCUT2D eigenvalue weighted by molar-refractivity contribution is 0.347. The minimum Gasteiger partial charge on any atom is -0.508 e. The first-order chi connectivity index (χ1) is 10.2. The predicted octanol–water partition coefficient (Wildman–Crippen LogP) is 3.03. The number of phenolic OH excluding ortho intramolecular Hbond substituents is 1. The average molecular weight is 289 g/mol. The summed E-state index contributed by atoms with van der Waals surface area (Å²) >= 11 is 0. The summed E-state index contributed by atoms with van der Waals surface area (Å²) in [5.74, 6) is 2.20. The minimum absolute atomic E-state index is 0.222. The van der Waals surface area contributed by atoms with Gasteiger partial charge in [0.05, 0.1) is 21.3 Å². The molecule has 0 aliphatic rings. The molecule has 5 heteroatoms. The molecule has 2 N–H and O–H groups in total. The van der Waals surface area contributed by atoms with Gasteiger partial charge in [-0.1, -0.05) is 6.07 Å². The third-order valence-electron chi connectivity index (χ3n) is 3.12. The number of hydrogen-bond acceptors (Lipinski definition) is 5. The van der Waals surface area contributed by atoms with Crippen LogP contribution in [0.25, 0.3) is 0 Å². The van der Waals surface area contributed by atoms with Gasteiger partial charge in [-0.05, 0) is 18.2 Å². The van der Waals surface area contributed by atoms with E-state index in [4.69, 9.17) is 14.2 Å². The maximum Gasteiger partial charge on any atom is 0.164 e. The van der Waals surface area contributed by atoms with Crippen molar-refractivity contribution in [3.63, 3.8) is 0 Å². The molecule has 21 heavy (non-hydrogen) atoms. The van der Waals surface area contributed by atoms with Crippen molar-refractivity contribution in [3.05, 3.63) is 42.0 Å². The van der Waals surface area contributed by atoms with Crippen LogP contribution in [0.15, 0.2) is 36.4 Å². The first-order valence-electron chi connectivity index (χ1n) is 6.49. The van der Waals surface area contributed by atoms with Crippen molar-refractivity contribution in [1.29, 1.82) is 0 Å². The van der Waals surface area contributed by atoms with Crippen LogP contribution >= 0.6 is 0 Å². The Balaban J connectivity index is 2.22. The topological polar surface area (TPSA) is 60.0 Å². The largest absolute Gasteiger partial charge is 0.508 e. The van der Waals surface area contributed by atoms with Gasteiger partial charge in [-0.15, -0.1) is 0 Å². The van der Waals surface area contributed by atoms with Crippen LogP contribution in [-0.2, 0) is 6.54 Å². The second-order valence-electron chi connectivity index (χ2n) is 4.42. The molecule has 0 amide bonds. The Morgan fingerprint density at radius 3 is 2.19 bits per heavy atom. The van der Waals surface area contributed by atoms with Crippen LogP contribution in [-0.4, -0.2) is 26.4 Å². The van der Waals surface area contributed by atoms with Crippen molar-refractivity contribution in [3.8, 4) is 23.0 Å². The molecule has 2 rings (SSSR count). The van der Waals surface area contributed by atoms with Crippen LogP contribution in [0.1, 0.15) is 5.56 Å². The van der Waals surface area contributed by atoms with Crippen LogP contribution in [0.4, 0.5) is 5.69 Å². The Kier molecular flexibility index (Phi) is 4.77. The molecular weight excluding hydrogens is 270 g/mol. The second-order valence-corrected chi connectivity index (χ2v) is 4.42. The third kappa shape index (κ3) is 3.51. The van der Waals surface area contributed by atoms with Crippen molar-refractivity contribution in [1.82, 2.24) is 0 Å². The fourth-order valence-electron chi connectivity index (χ4n) is 2.04. The number of aromatic hydroxyl groups is 1. The summed E-state index contributed by atoms with van der Waals surface area (Å²) in [6.07, 6.45) is 0. The summed E-state index contributed by atoms with van der Waals surface area (Å²) in [5, 5.41) is 12.7. The first kappa shape index (κ1) is 14.8. The van der Waals surface area contributed by atoms with Gasteiger partial charge in [-0.2, -0.15) is 0 Å². The van der Waals surface area contributed by atoms with Gasteiger partial charge in [0.15, 0.2) is 11.5 Å². The number of methoxy groups -OCH3 is 3. The van der Waals surface area contributed by atoms with Gasteiger partial charge >= 0.3 is 0 Å². The second kappa shape index (κ2) is 6.74. The molecule has 112 valence electrons. The summed E-state index contributed by atoms with van der Waals surface area (Å²) in [7, 11) is 4.79. The maximum atomic E-state index is 9.46. The van der Waals surface area contributed by atoms with E-state index in [0.717, 1.165) is 11.3 Å². The zero-order valence-electron chi connectivity index (χ0n) is 12.3. The van der Waals surface area contributed by atoms with E-state index in [1.165, 1.54) is 0 Å². The van der Waals surface area contributed by atoms with Gasteiger partial charge in [0.1, 0.15) is 11.5 Å². The zero-order chi connectivity index (χ0) is 15.2. The molecule has 0 heterocycles. The molecule has 0 unspecified atom stereocenters. The minimum atomic E-state index is 0.222. The van der Waals surface area contributed by atoms with Crippen molar-refractivity contribution in [2.75, 3.05) is 26.6 Å². The number of benzene rings is 2. The maximum absolute atomic E-state index is 9.46. The molecule has 0 spiro atoms. The van der Waals surface area contributed by atoms with Gasteiger partial charge in [0, 0.05) is 29.9 Å². The van der Waals surface area contributed by atoms with Crippen LogP contribution in [0, 0.1) is 0 Å². The quantitative estimate of drug-likeness (QED) is 0.856. The van der Waals surface area contributed by atoms with E-state index in [2.05, 4.69) is 5.32 Å². The zero-order valence-corrected chi connectivity index (χ0v) is 12.3. The summed E-state index contributed by atoms with van der Waals surface area (Å²) in [6, 6.07) is 10.6. The highest BCUT2D eigenvalue weighted by Crippen LogP contribution is 2.35. The fourth-order valence-corrected chi connectivity index (χ4v) is 2.04. The van der Waals surface area contributed by atoms with Crippen molar-refractivity contribution < 1.29 is 19.3 Å². The van der Waals surface area contributed by atoms with Crippen molar-refractivity contribution >= 4 is 5.69 Å². The van der Waals surface area contributed by atoms with Gasteiger partial charge in [0.25, 0.3) is 0 Å². The van der Waals surface area contributed by atoms with Gasteiger partial charge in [0.2, 0.25) is 0 Å². The smallest absolute Gasteiger partial charge is 0.164 e. The normalized spacial score (nSPS) is 10.0. The Morgan fingerprint density at radius 1 is 0.905 bits per heavy atom. The molecule has 0 atom stereocenters. The molecule has 5 nitrogen and oxygen atoms in total. The predicted molar refractivity (Wildman–Crippen MR) is 81.5 cm³/mol. The Hall–Kier alpha value is -2.56. The number of rotatable bonds is 6. The van der Waals surface area contributed by atoms with Crippen LogP contribution in [0.5, 0.6) is 23.0 Å². The molecule has 0 aliphatic carbocycles. The van der Waals surface area contributed by atoms with Gasteiger partial charge in [-0.3, -0.25) is 0 Å². The van der Waals surface area contributed by atoms with Gasteiger partial charge in [-0.25, -0.2) is 0 Å². The van der Waals surface area contributed by atoms with Crippen LogP contribution < -0.4 is 19.5 Å². The molecule has 0 bridgehead atoms. The average Bonchev–Trinajstić information content (AvgIpc) is 2.52. The molecule has 0 aliphatic heterocycles. The molecule has 0 saturated carbocycles. The monoisotopic (exact) mass is 289 g/mol. The molecule has 0 aromatic heterocycles. The van der Waals surface area contributed by atoms with E-state index in [1.54, 1.807) is 45.6 Å². The SMILES string of the molecule is COc1cc(OC)c(OC)cc1CNc1cccc(O)c1. The Morgan fingerprint density at radius 2 is 1.57 bits per heavy atom. The molecule has 0 fully saturated rings. The Bertz CT molecular complexity index is 613. The van der Waals surface area contributed by atoms with E-state index in [0.29, 0.717) is 23.8 Å². The highest BCUT2D eigenvalue weighted by molar-refractivity contribution is 5.53. The lowest BCUT2D eigenvalue weighted by Crippen LogP contribution is -2.03. The summed E-state index contributed by atoms with van der Waals surface area (Å²) in [5.41, 5.74) is 1.75. The van der Waals surface area contributed by atoms with Crippen LogP contribution in [0.3, 0.4) is 0 Å². The highest BCUT2D eigenvalue weighted by Gasteiger charge is 2.11. The molecule has 0 saturated heterocycles. The van der Waals surface area contributed by atoms with E-state index in [-0.39, 0.29) is 5.75 Å². The molecule has 2 aromatic rings. The first-order valence-corrected chi connectivity index (χ1v) is 6.49. The number of phenols is 1. The van der Waals surface area contributed by atoms with E-state index in [9.17, 15) is 5.11 Å². The summed E-state index contributed by atoms with van der Waals surface area (Å²) in [4.78, 5) is 0. The standard InChI is InChI=1S/C16H19NO4/c1-19-14-9-16(21-3)15(20-2)7-11(14)10-17-12-5-4-6-13(18)8-12/h4-9,17-18H,10H2,1-3H3. The van der Waals surface area contributed by atoms with Crippen molar-refractivity contribution in [2.45, 2.75) is 6.54 Å².